The first kappa shape index (κ1) is 9.09. The summed E-state index contributed by atoms with van der Waals surface area (Å²) in [6.07, 6.45) is -2.79. The van der Waals surface area contributed by atoms with Crippen LogP contribution < -0.4 is 5.32 Å². The molecule has 1 aliphatic rings. The monoisotopic (exact) mass is 179 g/mol. The van der Waals surface area contributed by atoms with Gasteiger partial charge in [-0.15, -0.1) is 0 Å². The van der Waals surface area contributed by atoms with E-state index in [4.69, 9.17) is 0 Å². The van der Waals surface area contributed by atoms with Gasteiger partial charge in [0.2, 0.25) is 0 Å². The van der Waals surface area contributed by atoms with Gasteiger partial charge in [-0.05, 0) is 12.8 Å². The molecule has 1 rings (SSSR count). The maximum atomic E-state index is 11.7. The predicted molar refractivity (Wildman–Crippen MR) is 36.4 cm³/mol. The molecule has 5 heteroatoms. The maximum Gasteiger partial charge on any atom is 0.454 e. The Bertz CT molecular complexity index is 211. The Morgan fingerprint density at radius 3 is 2.58 bits per heavy atom. The van der Waals surface area contributed by atoms with Crippen LogP contribution in [0, 0.1) is 0 Å². The molecule has 0 radical (unpaired) electrons. The average Bonchev–Trinajstić information content (AvgIpc) is 2.37. The molecule has 0 bridgehead atoms. The van der Waals surface area contributed by atoms with Gasteiger partial charge in [0.25, 0.3) is 5.78 Å². The van der Waals surface area contributed by atoms with Crippen molar-refractivity contribution in [2.75, 3.05) is 6.54 Å². The minimum Gasteiger partial charge on any atom is -0.388 e. The molecule has 0 aromatic carbocycles. The number of carbonyl (C=O) groups is 1. The quantitative estimate of drug-likeness (QED) is 0.616. The summed E-state index contributed by atoms with van der Waals surface area (Å²) in [6.45, 7) is 0.650. The number of rotatable bonds is 1. The van der Waals surface area contributed by atoms with Crippen LogP contribution in [0.15, 0.2) is 11.8 Å². The van der Waals surface area contributed by atoms with Crippen LogP contribution in [0.5, 0.6) is 0 Å². The zero-order valence-electron chi connectivity index (χ0n) is 6.24. The Hall–Kier alpha value is -1.00. The van der Waals surface area contributed by atoms with Gasteiger partial charge in [-0.2, -0.15) is 13.2 Å². The van der Waals surface area contributed by atoms with E-state index >= 15 is 0 Å². The Morgan fingerprint density at radius 1 is 1.50 bits per heavy atom. The smallest absolute Gasteiger partial charge is 0.388 e. The van der Waals surface area contributed by atoms with Gasteiger partial charge in [-0.3, -0.25) is 4.79 Å². The van der Waals surface area contributed by atoms with Crippen molar-refractivity contribution in [3.8, 4) is 0 Å². The summed E-state index contributed by atoms with van der Waals surface area (Å²) < 4.78 is 35.0. The van der Waals surface area contributed by atoms with Crippen LogP contribution in [-0.2, 0) is 4.79 Å². The molecule has 2 nitrogen and oxygen atoms in total. The van der Waals surface area contributed by atoms with Crippen molar-refractivity contribution < 1.29 is 18.0 Å². The minimum absolute atomic E-state index is 0.386. The van der Waals surface area contributed by atoms with Crippen molar-refractivity contribution >= 4 is 5.78 Å². The first-order chi connectivity index (χ1) is 5.50. The third-order valence-corrected chi connectivity index (χ3v) is 1.56. The number of alkyl halides is 3. The lowest BCUT2D eigenvalue weighted by Crippen LogP contribution is -2.21. The molecule has 0 saturated carbocycles. The number of carbonyl (C=O) groups excluding carboxylic acids is 1. The molecule has 1 saturated heterocycles. The molecule has 0 unspecified atom stereocenters. The van der Waals surface area contributed by atoms with Crippen molar-refractivity contribution in [1.29, 1.82) is 0 Å². The second-order valence-corrected chi connectivity index (χ2v) is 2.56. The summed E-state index contributed by atoms with van der Waals surface area (Å²) in [5, 5.41) is 2.70. The van der Waals surface area contributed by atoms with Gasteiger partial charge in [-0.25, -0.2) is 0 Å². The largest absolute Gasteiger partial charge is 0.454 e. The number of nitrogens with one attached hydrogen (secondary N) is 1. The Labute approximate surface area is 67.4 Å². The molecule has 1 heterocycles. The fourth-order valence-electron chi connectivity index (χ4n) is 0.979. The van der Waals surface area contributed by atoms with E-state index in [9.17, 15) is 18.0 Å². The Balaban J connectivity index is 2.60. The molecule has 0 aromatic heterocycles. The van der Waals surface area contributed by atoms with E-state index in [1.54, 1.807) is 0 Å². The minimum atomic E-state index is -4.74. The van der Waals surface area contributed by atoms with Crippen LogP contribution in [0.2, 0.25) is 0 Å². The van der Waals surface area contributed by atoms with E-state index < -0.39 is 12.0 Å². The molecule has 0 aliphatic carbocycles. The van der Waals surface area contributed by atoms with E-state index in [1.807, 2.05) is 0 Å². The molecular weight excluding hydrogens is 171 g/mol. The van der Waals surface area contributed by atoms with E-state index in [0.717, 1.165) is 6.42 Å². The SMILES string of the molecule is O=C(/C=C1/CCCN1)C(F)(F)F. The van der Waals surface area contributed by atoms with Gasteiger partial charge < -0.3 is 5.32 Å². The summed E-state index contributed by atoms with van der Waals surface area (Å²) in [5.74, 6) is -1.79. The number of halogens is 3. The molecule has 0 spiro atoms. The first-order valence-electron chi connectivity index (χ1n) is 3.56. The van der Waals surface area contributed by atoms with Crippen molar-refractivity contribution in [3.05, 3.63) is 11.8 Å². The summed E-state index contributed by atoms with van der Waals surface area (Å²) in [6, 6.07) is 0. The van der Waals surface area contributed by atoms with Crippen molar-refractivity contribution in [2.45, 2.75) is 19.0 Å². The highest BCUT2D eigenvalue weighted by Crippen LogP contribution is 2.18. The molecule has 0 atom stereocenters. The van der Waals surface area contributed by atoms with E-state index in [0.29, 0.717) is 24.7 Å². The van der Waals surface area contributed by atoms with Gasteiger partial charge in [-0.1, -0.05) is 0 Å². The fourth-order valence-corrected chi connectivity index (χ4v) is 0.979. The van der Waals surface area contributed by atoms with Gasteiger partial charge in [0.15, 0.2) is 0 Å². The van der Waals surface area contributed by atoms with Crippen LogP contribution in [0.1, 0.15) is 12.8 Å². The number of allylic oxidation sites excluding steroid dienone is 2. The van der Waals surface area contributed by atoms with Crippen LogP contribution >= 0.6 is 0 Å². The van der Waals surface area contributed by atoms with Crippen molar-refractivity contribution in [3.63, 3.8) is 0 Å². The summed E-state index contributed by atoms with van der Waals surface area (Å²) in [7, 11) is 0. The first-order valence-corrected chi connectivity index (χ1v) is 3.56. The lowest BCUT2D eigenvalue weighted by atomic mass is 10.2. The topological polar surface area (TPSA) is 29.1 Å². The van der Waals surface area contributed by atoms with E-state index in [2.05, 4.69) is 5.32 Å². The summed E-state index contributed by atoms with van der Waals surface area (Å²) in [5.41, 5.74) is 0.386. The highest BCUT2D eigenvalue weighted by molar-refractivity contribution is 5.94. The third-order valence-electron chi connectivity index (χ3n) is 1.56. The van der Waals surface area contributed by atoms with Crippen molar-refractivity contribution in [1.82, 2.24) is 5.32 Å². The zero-order valence-corrected chi connectivity index (χ0v) is 6.24. The highest BCUT2D eigenvalue weighted by Gasteiger charge is 2.36. The standard InChI is InChI=1S/C7H8F3NO/c8-7(9,10)6(12)4-5-2-1-3-11-5/h4,11H,1-3H2/b5-4-. The summed E-state index contributed by atoms with van der Waals surface area (Å²) in [4.78, 5) is 10.4. The molecule has 1 fully saturated rings. The lowest BCUT2D eigenvalue weighted by molar-refractivity contribution is -0.165. The van der Waals surface area contributed by atoms with Crippen LogP contribution in [0.25, 0.3) is 0 Å². The second-order valence-electron chi connectivity index (χ2n) is 2.56. The predicted octanol–water partition coefficient (Wildman–Crippen LogP) is 1.39. The number of ketones is 1. The normalized spacial score (nSPS) is 21.1. The van der Waals surface area contributed by atoms with Crippen LogP contribution in [0.4, 0.5) is 13.2 Å². The molecule has 0 aromatic rings. The zero-order chi connectivity index (χ0) is 9.19. The van der Waals surface area contributed by atoms with Crippen LogP contribution in [0.3, 0.4) is 0 Å². The van der Waals surface area contributed by atoms with E-state index in [1.165, 1.54) is 0 Å². The fraction of sp³-hybridized carbons (Fsp3) is 0.571. The average molecular weight is 179 g/mol. The van der Waals surface area contributed by atoms with Crippen molar-refractivity contribution in [2.24, 2.45) is 0 Å². The number of hydrogen-bond acceptors (Lipinski definition) is 2. The van der Waals surface area contributed by atoms with Gasteiger partial charge in [0.05, 0.1) is 0 Å². The molecule has 1 aliphatic heterocycles. The van der Waals surface area contributed by atoms with Gasteiger partial charge >= 0.3 is 6.18 Å². The van der Waals surface area contributed by atoms with Gasteiger partial charge in [0, 0.05) is 18.3 Å². The molecule has 68 valence electrons. The summed E-state index contributed by atoms with van der Waals surface area (Å²) >= 11 is 0. The van der Waals surface area contributed by atoms with Gasteiger partial charge in [0.1, 0.15) is 0 Å². The van der Waals surface area contributed by atoms with E-state index in [-0.39, 0.29) is 0 Å². The molecule has 0 amide bonds. The molecule has 12 heavy (non-hydrogen) atoms. The maximum absolute atomic E-state index is 11.7. The highest BCUT2D eigenvalue weighted by atomic mass is 19.4. The number of hydrogen-bond donors (Lipinski definition) is 1. The Kier molecular flexibility index (Phi) is 2.40. The molecular formula is C7H8F3NO. The van der Waals surface area contributed by atoms with Crippen LogP contribution in [-0.4, -0.2) is 18.5 Å². The third kappa shape index (κ3) is 2.25. The molecule has 1 N–H and O–H groups in total. The Morgan fingerprint density at radius 2 is 2.17 bits per heavy atom. The lowest BCUT2D eigenvalue weighted by Gasteiger charge is -2.01. The second kappa shape index (κ2) is 3.16.